The molecule has 0 aliphatic carbocycles. The van der Waals surface area contributed by atoms with E-state index in [-0.39, 0.29) is 10.6 Å². The van der Waals surface area contributed by atoms with Crippen molar-refractivity contribution in [3.8, 4) is 0 Å². The molecule has 0 aliphatic heterocycles. The van der Waals surface area contributed by atoms with E-state index in [1.807, 2.05) is 0 Å². The second-order valence-corrected chi connectivity index (χ2v) is 2.40. The first-order valence-electron chi connectivity index (χ1n) is 2.73. The third-order valence-electron chi connectivity index (χ3n) is 0.410. The molecule has 0 radical (unpaired) electrons. The molecule has 10 heavy (non-hydrogen) atoms. The molecule has 0 aromatic heterocycles. The molecule has 0 bridgehead atoms. The van der Waals surface area contributed by atoms with Gasteiger partial charge in [-0.05, 0) is 0 Å². The quantitative estimate of drug-likeness (QED) is 0.629. The van der Waals surface area contributed by atoms with Crippen LogP contribution in [0, 0.1) is 5.92 Å². The van der Waals surface area contributed by atoms with Crippen LogP contribution in [0.2, 0.25) is 0 Å². The molecule has 0 heterocycles. The van der Waals surface area contributed by atoms with Crippen LogP contribution in [-0.2, 0) is 25.6 Å². The van der Waals surface area contributed by atoms with Crippen LogP contribution in [-0.4, -0.2) is 15.8 Å². The van der Waals surface area contributed by atoms with Crippen molar-refractivity contribution < 1.29 is 30.7 Å². The molecule has 64 valence electrons. The molecule has 0 aromatic rings. The standard InChI is InChI=1S/C4H7O.C2H4O2.Cu/c1-4(2)3-5;1-2(3)4;/h4H,1-2H3;1H3,(H,3,4);. The van der Waals surface area contributed by atoms with Gasteiger partial charge in [-0.25, -0.2) is 0 Å². The van der Waals surface area contributed by atoms with Gasteiger partial charge in [0.2, 0.25) is 0 Å². The maximum atomic E-state index is 9.95. The topological polar surface area (TPSA) is 54.4 Å². The molecule has 1 N–H and O–H groups in total. The Balaban J connectivity index is 0. The molecule has 0 atom stereocenters. The summed E-state index contributed by atoms with van der Waals surface area (Å²) in [5.41, 5.74) is 0. The van der Waals surface area contributed by atoms with Gasteiger partial charge in [0.25, 0.3) is 5.97 Å². The van der Waals surface area contributed by atoms with Crippen molar-refractivity contribution in [2.45, 2.75) is 20.8 Å². The predicted octanol–water partition coefficient (Wildman–Crippen LogP) is 0.807. The fourth-order valence-electron chi connectivity index (χ4n) is 0. The average molecular weight is 195 g/mol. The van der Waals surface area contributed by atoms with Crippen LogP contribution in [0.1, 0.15) is 20.8 Å². The van der Waals surface area contributed by atoms with Gasteiger partial charge in [0.1, 0.15) is 0 Å². The fraction of sp³-hybridized carbons (Fsp3) is 0.667. The number of carboxylic acids is 1. The van der Waals surface area contributed by atoms with Crippen LogP contribution in [0.5, 0.6) is 0 Å². The van der Waals surface area contributed by atoms with E-state index in [1.54, 1.807) is 13.8 Å². The van der Waals surface area contributed by atoms with Crippen molar-refractivity contribution in [3.05, 3.63) is 0 Å². The van der Waals surface area contributed by atoms with Gasteiger partial charge in [0, 0.05) is 6.92 Å². The third kappa shape index (κ3) is 25.4. The molecule has 0 unspecified atom stereocenters. The van der Waals surface area contributed by atoms with Gasteiger partial charge in [-0.2, -0.15) is 0 Å². The summed E-state index contributed by atoms with van der Waals surface area (Å²) in [5.74, 6) is -0.815. The first-order chi connectivity index (χ1) is 4.37. The Morgan fingerprint density at radius 1 is 1.40 bits per heavy atom. The first kappa shape index (κ1) is 12.3. The molecule has 0 fully saturated rings. The van der Waals surface area contributed by atoms with Crippen molar-refractivity contribution in [1.82, 2.24) is 0 Å². The van der Waals surface area contributed by atoms with Crippen molar-refractivity contribution in [3.63, 3.8) is 0 Å². The second-order valence-electron chi connectivity index (χ2n) is 1.94. The molecular formula is C6H11CuO3. The summed E-state index contributed by atoms with van der Waals surface area (Å²) in [5, 5.41) is 7.42. The molecule has 3 nitrogen and oxygen atoms in total. The van der Waals surface area contributed by atoms with Gasteiger partial charge in [-0.15, -0.1) is 0 Å². The number of aliphatic carboxylic acids is 1. The van der Waals surface area contributed by atoms with E-state index >= 15 is 0 Å². The Labute approximate surface area is 68.6 Å². The predicted molar refractivity (Wildman–Crippen MR) is 33.2 cm³/mol. The number of carbonyl (C=O) groups is 2. The summed E-state index contributed by atoms with van der Waals surface area (Å²) < 4.78 is -0.178. The Morgan fingerprint density at radius 3 is 1.50 bits per heavy atom. The van der Waals surface area contributed by atoms with E-state index in [2.05, 4.69) is 16.0 Å². The molecular weight excluding hydrogens is 184 g/mol. The summed E-state index contributed by atoms with van der Waals surface area (Å²) in [6, 6.07) is 0. The van der Waals surface area contributed by atoms with Gasteiger partial charge in [-0.1, -0.05) is 0 Å². The minimum absolute atomic E-state index is 0.0185. The Kier molecular flexibility index (Phi) is 8.36. The van der Waals surface area contributed by atoms with Crippen molar-refractivity contribution in [2.75, 3.05) is 0 Å². The number of rotatable bonds is 1. The number of carbonyl (C=O) groups excluding carboxylic acids is 1. The van der Waals surface area contributed by atoms with Crippen LogP contribution in [0.4, 0.5) is 0 Å². The molecule has 4 heteroatoms. The van der Waals surface area contributed by atoms with Crippen molar-refractivity contribution in [2.24, 2.45) is 5.92 Å². The Bertz CT molecular complexity index is 116. The number of hydrogen-bond donors (Lipinski definition) is 1. The van der Waals surface area contributed by atoms with Crippen LogP contribution < -0.4 is 0 Å². The summed E-state index contributed by atoms with van der Waals surface area (Å²) in [7, 11) is 0. The van der Waals surface area contributed by atoms with Gasteiger partial charge < -0.3 is 5.11 Å². The Morgan fingerprint density at radius 2 is 1.50 bits per heavy atom. The summed E-state index contributed by atoms with van der Waals surface area (Å²) in [6.07, 6.45) is 0. The maximum absolute atomic E-state index is 9.95. The normalized spacial score (nSPS) is 8.20. The third-order valence-corrected chi connectivity index (χ3v) is 0.953. The number of hydrogen-bond acceptors (Lipinski definition) is 2. The van der Waals surface area contributed by atoms with E-state index in [0.29, 0.717) is 0 Å². The molecule has 0 spiro atoms. The SMILES string of the molecule is CC(=O)O.CC(C)[C](=O)[Cu]. The summed E-state index contributed by atoms with van der Waals surface area (Å²) in [6.45, 7) is 4.65. The zero-order valence-electron chi connectivity index (χ0n) is 6.14. The monoisotopic (exact) mass is 194 g/mol. The molecule has 0 aromatic carbocycles. The average Bonchev–Trinajstić information content (AvgIpc) is 1.63. The van der Waals surface area contributed by atoms with Gasteiger partial charge in [0.15, 0.2) is 0 Å². The molecule has 0 aliphatic rings. The molecule has 0 rings (SSSR count). The number of carboxylic acid groups (broad SMARTS) is 1. The molecule has 0 amide bonds. The van der Waals surface area contributed by atoms with Gasteiger partial charge in [0.05, 0.1) is 0 Å². The molecule has 0 saturated carbocycles. The van der Waals surface area contributed by atoms with Crippen molar-refractivity contribution >= 4 is 10.7 Å². The molecule has 0 saturated heterocycles. The van der Waals surface area contributed by atoms with Gasteiger partial charge in [-0.3, -0.25) is 4.79 Å². The zero-order chi connectivity index (χ0) is 8.73. The van der Waals surface area contributed by atoms with Gasteiger partial charge >= 0.3 is 45.3 Å². The Hall–Kier alpha value is -0.341. The zero-order valence-corrected chi connectivity index (χ0v) is 7.08. The second kappa shape index (κ2) is 6.77. The van der Waals surface area contributed by atoms with Crippen molar-refractivity contribution in [1.29, 1.82) is 0 Å². The van der Waals surface area contributed by atoms with Crippen LogP contribution in [0.25, 0.3) is 0 Å². The van der Waals surface area contributed by atoms with Crippen LogP contribution in [0.3, 0.4) is 0 Å². The first-order valence-corrected chi connectivity index (χ1v) is 3.20. The van der Waals surface area contributed by atoms with Crippen LogP contribution in [0.15, 0.2) is 0 Å². The summed E-state index contributed by atoms with van der Waals surface area (Å²) in [4.78, 5) is 18.9. The van der Waals surface area contributed by atoms with Crippen LogP contribution >= 0.6 is 0 Å². The summed E-state index contributed by atoms with van der Waals surface area (Å²) >= 11 is 4.40. The van der Waals surface area contributed by atoms with E-state index in [9.17, 15) is 4.79 Å². The van der Waals surface area contributed by atoms with E-state index in [0.717, 1.165) is 6.92 Å². The fourth-order valence-corrected chi connectivity index (χ4v) is 0. The van der Waals surface area contributed by atoms with E-state index < -0.39 is 5.97 Å². The minimum atomic E-state index is -0.833. The van der Waals surface area contributed by atoms with E-state index in [4.69, 9.17) is 9.90 Å². The van der Waals surface area contributed by atoms with E-state index in [1.165, 1.54) is 0 Å².